The highest BCUT2D eigenvalue weighted by Gasteiger charge is 2.29. The van der Waals surface area contributed by atoms with E-state index in [9.17, 15) is 8.78 Å². The van der Waals surface area contributed by atoms with Crippen LogP contribution in [0, 0.1) is 11.6 Å². The van der Waals surface area contributed by atoms with Crippen LogP contribution < -0.4 is 0 Å². The maximum Gasteiger partial charge on any atom is 0.187 e. The molecule has 0 saturated carbocycles. The molecule has 1 saturated heterocycles. The summed E-state index contributed by atoms with van der Waals surface area (Å²) in [5, 5.41) is 0. The van der Waals surface area contributed by atoms with E-state index < -0.39 is 17.9 Å². The molecule has 0 bridgehead atoms. The molecule has 5 heteroatoms. The fraction of sp³-hybridized carbons (Fsp3) is 0.400. The van der Waals surface area contributed by atoms with Crippen molar-refractivity contribution >= 4 is 11.6 Å². The van der Waals surface area contributed by atoms with Crippen molar-refractivity contribution in [2.24, 2.45) is 0 Å². The average Bonchev–Trinajstić information content (AvgIpc) is 2.70. The third-order valence-electron chi connectivity index (χ3n) is 2.16. The molecule has 1 aliphatic heterocycles. The summed E-state index contributed by atoms with van der Waals surface area (Å²) in [6.45, 7) is 0.296. The van der Waals surface area contributed by atoms with Gasteiger partial charge in [-0.3, -0.25) is 0 Å². The monoisotopic (exact) mass is 234 g/mol. The summed E-state index contributed by atoms with van der Waals surface area (Å²) in [4.78, 5) is 0. The third kappa shape index (κ3) is 2.12. The molecule has 0 N–H and O–H groups in total. The molecule has 1 aromatic carbocycles. The summed E-state index contributed by atoms with van der Waals surface area (Å²) < 4.78 is 36.7. The first kappa shape index (κ1) is 10.8. The van der Waals surface area contributed by atoms with E-state index in [4.69, 9.17) is 21.1 Å². The first-order valence-corrected chi connectivity index (χ1v) is 5.02. The second-order valence-corrected chi connectivity index (χ2v) is 3.53. The summed E-state index contributed by atoms with van der Waals surface area (Å²) in [6, 6.07) is 3.89. The van der Waals surface area contributed by atoms with Crippen LogP contribution in [0.5, 0.6) is 0 Å². The van der Waals surface area contributed by atoms with E-state index in [0.29, 0.717) is 6.61 Å². The molecule has 0 aliphatic carbocycles. The van der Waals surface area contributed by atoms with Gasteiger partial charge in [-0.2, -0.15) is 0 Å². The Hall–Kier alpha value is -0.710. The van der Waals surface area contributed by atoms with Crippen LogP contribution in [-0.4, -0.2) is 18.6 Å². The zero-order chi connectivity index (χ0) is 10.8. The molecular formula is C10H9ClF2O2. The van der Waals surface area contributed by atoms with Crippen LogP contribution in [0.4, 0.5) is 8.78 Å². The Labute approximate surface area is 90.7 Å². The molecule has 2 atom stereocenters. The molecule has 1 aromatic rings. The maximum absolute atomic E-state index is 13.3. The average molecular weight is 235 g/mol. The van der Waals surface area contributed by atoms with Crippen molar-refractivity contribution in [2.75, 3.05) is 12.5 Å². The van der Waals surface area contributed by atoms with Gasteiger partial charge in [0.1, 0.15) is 0 Å². The van der Waals surface area contributed by atoms with E-state index in [1.165, 1.54) is 12.1 Å². The van der Waals surface area contributed by atoms with Gasteiger partial charge in [0.25, 0.3) is 0 Å². The van der Waals surface area contributed by atoms with Gasteiger partial charge in [-0.15, -0.1) is 11.6 Å². The van der Waals surface area contributed by atoms with E-state index in [1.807, 2.05) is 0 Å². The van der Waals surface area contributed by atoms with Crippen LogP contribution in [0.25, 0.3) is 0 Å². The van der Waals surface area contributed by atoms with E-state index >= 15 is 0 Å². The minimum atomic E-state index is -0.933. The van der Waals surface area contributed by atoms with Gasteiger partial charge in [0, 0.05) is 5.56 Å². The highest BCUT2D eigenvalue weighted by molar-refractivity contribution is 6.18. The summed E-state index contributed by atoms with van der Waals surface area (Å²) in [5.74, 6) is -1.57. The van der Waals surface area contributed by atoms with Crippen molar-refractivity contribution < 1.29 is 18.3 Å². The Bertz CT molecular complexity index is 359. The fourth-order valence-electron chi connectivity index (χ4n) is 1.39. The van der Waals surface area contributed by atoms with E-state index in [1.54, 1.807) is 0 Å². The maximum atomic E-state index is 13.3. The Morgan fingerprint density at radius 2 is 2.20 bits per heavy atom. The molecule has 0 spiro atoms. The number of hydrogen-bond donors (Lipinski definition) is 0. The van der Waals surface area contributed by atoms with Crippen molar-refractivity contribution in [1.29, 1.82) is 0 Å². The lowest BCUT2D eigenvalue weighted by molar-refractivity contribution is -0.0592. The first-order chi connectivity index (χ1) is 7.22. The van der Waals surface area contributed by atoms with Crippen molar-refractivity contribution in [2.45, 2.75) is 12.4 Å². The Kier molecular flexibility index (Phi) is 3.19. The molecule has 1 aliphatic rings. The topological polar surface area (TPSA) is 18.5 Å². The van der Waals surface area contributed by atoms with Crippen LogP contribution in [0.3, 0.4) is 0 Å². The number of hydrogen-bond acceptors (Lipinski definition) is 2. The summed E-state index contributed by atoms with van der Waals surface area (Å²) in [7, 11) is 0. The summed E-state index contributed by atoms with van der Waals surface area (Å²) in [5.41, 5.74) is 0.0719. The lowest BCUT2D eigenvalue weighted by Crippen LogP contribution is -2.11. The van der Waals surface area contributed by atoms with Gasteiger partial charge >= 0.3 is 0 Å². The first-order valence-electron chi connectivity index (χ1n) is 4.49. The SMILES string of the molecule is Fc1cccc(C2OCC(CCl)O2)c1F. The molecule has 2 nitrogen and oxygen atoms in total. The lowest BCUT2D eigenvalue weighted by atomic mass is 10.2. The molecule has 82 valence electrons. The lowest BCUT2D eigenvalue weighted by Gasteiger charge is -2.11. The van der Waals surface area contributed by atoms with Crippen molar-refractivity contribution in [3.8, 4) is 0 Å². The van der Waals surface area contributed by atoms with Gasteiger partial charge in [0.15, 0.2) is 17.9 Å². The summed E-state index contributed by atoms with van der Waals surface area (Å²) in [6.07, 6.45) is -1.12. The van der Waals surface area contributed by atoms with Gasteiger partial charge < -0.3 is 9.47 Å². The van der Waals surface area contributed by atoms with Crippen LogP contribution >= 0.6 is 11.6 Å². The van der Waals surface area contributed by atoms with Crippen molar-refractivity contribution in [3.05, 3.63) is 35.4 Å². The minimum Gasteiger partial charge on any atom is -0.346 e. The van der Waals surface area contributed by atoms with Gasteiger partial charge in [-0.25, -0.2) is 8.78 Å². The zero-order valence-electron chi connectivity index (χ0n) is 7.75. The molecular weight excluding hydrogens is 226 g/mol. The molecule has 0 radical (unpaired) electrons. The normalized spacial score (nSPS) is 25.8. The van der Waals surface area contributed by atoms with E-state index in [0.717, 1.165) is 6.07 Å². The molecule has 2 rings (SSSR count). The van der Waals surface area contributed by atoms with Crippen LogP contribution in [0.1, 0.15) is 11.9 Å². The van der Waals surface area contributed by atoms with Gasteiger partial charge in [-0.1, -0.05) is 12.1 Å². The molecule has 15 heavy (non-hydrogen) atoms. The number of halogens is 3. The smallest absolute Gasteiger partial charge is 0.187 e. The quantitative estimate of drug-likeness (QED) is 0.733. The standard InChI is InChI=1S/C10H9ClF2O2/c11-4-6-5-14-10(15-6)7-2-1-3-8(12)9(7)13/h1-3,6,10H,4-5H2. The predicted molar refractivity (Wildman–Crippen MR) is 50.6 cm³/mol. The van der Waals surface area contributed by atoms with Crippen LogP contribution in [0.15, 0.2) is 18.2 Å². The van der Waals surface area contributed by atoms with Crippen molar-refractivity contribution in [1.82, 2.24) is 0 Å². The third-order valence-corrected chi connectivity index (χ3v) is 2.50. The van der Waals surface area contributed by atoms with Gasteiger partial charge in [-0.05, 0) is 6.07 Å². The Morgan fingerprint density at radius 1 is 1.40 bits per heavy atom. The molecule has 0 aromatic heterocycles. The van der Waals surface area contributed by atoms with Crippen LogP contribution in [0.2, 0.25) is 0 Å². The van der Waals surface area contributed by atoms with E-state index in [2.05, 4.69) is 0 Å². The highest BCUT2D eigenvalue weighted by Crippen LogP contribution is 2.29. The Morgan fingerprint density at radius 3 is 2.87 bits per heavy atom. The van der Waals surface area contributed by atoms with Gasteiger partial charge in [0.2, 0.25) is 0 Å². The van der Waals surface area contributed by atoms with Crippen molar-refractivity contribution in [3.63, 3.8) is 0 Å². The van der Waals surface area contributed by atoms with Crippen LogP contribution in [-0.2, 0) is 9.47 Å². The molecule has 1 fully saturated rings. The second-order valence-electron chi connectivity index (χ2n) is 3.22. The number of ether oxygens (including phenoxy) is 2. The Balaban J connectivity index is 2.20. The molecule has 0 amide bonds. The highest BCUT2D eigenvalue weighted by atomic mass is 35.5. The second kappa shape index (κ2) is 4.43. The molecule has 2 unspecified atom stereocenters. The fourth-order valence-corrected chi connectivity index (χ4v) is 1.56. The van der Waals surface area contributed by atoms with Gasteiger partial charge in [0.05, 0.1) is 18.6 Å². The number of rotatable bonds is 2. The van der Waals surface area contributed by atoms with E-state index in [-0.39, 0.29) is 17.5 Å². The summed E-state index contributed by atoms with van der Waals surface area (Å²) >= 11 is 5.56. The predicted octanol–water partition coefficient (Wildman–Crippen LogP) is 2.62. The molecule has 1 heterocycles. The largest absolute Gasteiger partial charge is 0.346 e. The minimum absolute atomic E-state index is 0.0719. The number of benzene rings is 1. The zero-order valence-corrected chi connectivity index (χ0v) is 8.51. The number of alkyl halides is 1.